The molecule has 0 aliphatic carbocycles. The van der Waals surface area contributed by atoms with Gasteiger partial charge in [0.15, 0.2) is 0 Å². The molecule has 0 amide bonds. The van der Waals surface area contributed by atoms with Gasteiger partial charge < -0.3 is 0 Å². The molecule has 1 aliphatic heterocycles. The van der Waals surface area contributed by atoms with Crippen LogP contribution in [0, 0.1) is 41.5 Å². The summed E-state index contributed by atoms with van der Waals surface area (Å²) in [5, 5.41) is 0. The van der Waals surface area contributed by atoms with Crippen molar-refractivity contribution in [3.05, 3.63) is 285 Å². The SMILES string of the molecule is Cc1ccc([Te]2(c3ccc(C)cc3)OC(=O)c3ccccc3C(=O)O[Te](c3ccc(C)cc3)(c3ccc(C)cc3)OC(=O)c3ccccc3C(=O)O[Te](c3ccc(C)cc3)(c3ccc(C)cc3)OC(=O)c3ccccc3C(=O)O2)cc1. The summed E-state index contributed by atoms with van der Waals surface area (Å²) in [5.41, 5.74) is 3.68. The molecule has 0 N–H and O–H groups in total. The maximum atomic E-state index is 15.5. The fourth-order valence-corrected chi connectivity index (χ4v) is 28.3. The van der Waals surface area contributed by atoms with Gasteiger partial charge in [0.25, 0.3) is 0 Å². The second-order valence-corrected chi connectivity index (χ2v) is 38.8. The Morgan fingerprint density at radius 3 is 0.444 bits per heavy atom. The van der Waals surface area contributed by atoms with E-state index in [1.165, 1.54) is 36.4 Å². The van der Waals surface area contributed by atoms with Crippen molar-refractivity contribution in [2.75, 3.05) is 0 Å². The summed E-state index contributed by atoms with van der Waals surface area (Å²) < 4.78 is 43.2. The van der Waals surface area contributed by atoms with Crippen LogP contribution in [-0.2, 0) is 18.6 Å². The number of hydrogen-bond acceptors (Lipinski definition) is 12. The first kappa shape index (κ1) is 56.4. The topological polar surface area (TPSA) is 158 Å². The normalized spacial score (nSPS) is 16.5. The van der Waals surface area contributed by atoms with Crippen molar-refractivity contribution in [3.63, 3.8) is 0 Å². The molecule has 10 rings (SSSR count). The summed E-state index contributed by atoms with van der Waals surface area (Å²) in [4.78, 5) is 92.9. The van der Waals surface area contributed by atoms with Gasteiger partial charge in [-0.05, 0) is 0 Å². The number of carbonyl (C=O) groups excluding carboxylic acids is 6. The Labute approximate surface area is 484 Å². The maximum absolute atomic E-state index is 15.5. The first-order valence-electron chi connectivity index (χ1n) is 25.6. The molecule has 408 valence electrons. The van der Waals surface area contributed by atoms with Crippen molar-refractivity contribution in [2.45, 2.75) is 41.5 Å². The van der Waals surface area contributed by atoms with Gasteiger partial charge in [0, 0.05) is 0 Å². The molecule has 9 aromatic carbocycles. The summed E-state index contributed by atoms with van der Waals surface area (Å²) >= 11 is -16.7. The predicted molar refractivity (Wildman–Crippen MR) is 314 cm³/mol. The Morgan fingerprint density at radius 1 is 0.198 bits per heavy atom. The zero-order valence-electron chi connectivity index (χ0n) is 44.9. The fraction of sp³-hybridized carbons (Fsp3) is 0.0909. The number of carbonyl (C=O) groups is 6. The van der Waals surface area contributed by atoms with E-state index in [1.54, 1.807) is 182 Å². The van der Waals surface area contributed by atoms with Crippen LogP contribution >= 0.6 is 0 Å². The molecule has 0 saturated carbocycles. The molecule has 0 unspecified atom stereocenters. The first-order chi connectivity index (χ1) is 39.0. The standard InChI is InChI=1S/C66H54O12Te3/c1-43-19-31-49(32-20-43)79(50-33-21-44(2)22-34-50)73-61(67)55-13-7-9-15-57(55)63(69)75-80(51-35-23-45(3)24-36-51,52-37-25-46(4)26-38-52)77-65(71)59-17-11-12-18-60(59)66(72)78-81(53-39-27-47(5)28-40-53,54-41-29-48(6)30-42-54)76-64(70)58-16-10-8-14-56(58)62(68)74-79/h7-42H,1-6H3. The summed E-state index contributed by atoms with van der Waals surface area (Å²) in [6.45, 7) is 11.3. The van der Waals surface area contributed by atoms with Gasteiger partial charge in [-0.2, -0.15) is 0 Å². The van der Waals surface area contributed by atoms with Gasteiger partial charge in [-0.15, -0.1) is 0 Å². The molecule has 0 atom stereocenters. The molecule has 0 fully saturated rings. The van der Waals surface area contributed by atoms with E-state index >= 15 is 28.8 Å². The second kappa shape index (κ2) is 23.7. The van der Waals surface area contributed by atoms with Crippen LogP contribution in [0.5, 0.6) is 0 Å². The van der Waals surface area contributed by atoms with Crippen LogP contribution in [0.3, 0.4) is 0 Å². The van der Waals surface area contributed by atoms with Crippen molar-refractivity contribution in [2.24, 2.45) is 0 Å². The van der Waals surface area contributed by atoms with Gasteiger partial charge in [-0.25, -0.2) is 0 Å². The zero-order chi connectivity index (χ0) is 57.1. The summed E-state index contributed by atoms with van der Waals surface area (Å²) in [5.74, 6) is -6.19. The molecule has 0 bridgehead atoms. The molecule has 0 saturated heterocycles. The number of aryl methyl sites for hydroxylation is 6. The second-order valence-electron chi connectivity index (χ2n) is 19.3. The summed E-state index contributed by atoms with van der Waals surface area (Å²) in [6, 6.07) is 60.2. The molecular formula is C66H54O12Te3. The molecule has 9 aromatic rings. The Morgan fingerprint density at radius 2 is 0.321 bits per heavy atom. The monoisotopic (exact) mass is 1430 g/mol. The third-order valence-electron chi connectivity index (χ3n) is 13.2. The summed E-state index contributed by atoms with van der Waals surface area (Å²) in [7, 11) is 0. The number of fused-ring (bicyclic) bond motifs is 3. The third-order valence-corrected chi connectivity index (χ3v) is 35.1. The van der Waals surface area contributed by atoms with Crippen LogP contribution in [0.4, 0.5) is 0 Å². The molecular weight excluding hydrogens is 1370 g/mol. The Bertz CT molecular complexity index is 3220. The average Bonchev–Trinajstić information content (AvgIpc) is 3.63. The van der Waals surface area contributed by atoms with Crippen molar-refractivity contribution >= 4 is 114 Å². The molecule has 1 heterocycles. The molecule has 15 heteroatoms. The van der Waals surface area contributed by atoms with Crippen LogP contribution in [0.2, 0.25) is 0 Å². The molecule has 0 spiro atoms. The molecule has 1 aliphatic rings. The van der Waals surface area contributed by atoms with E-state index in [-0.39, 0.29) is 33.4 Å². The van der Waals surface area contributed by atoms with Gasteiger partial charge in [0.1, 0.15) is 0 Å². The van der Waals surface area contributed by atoms with Crippen LogP contribution in [0.25, 0.3) is 0 Å². The zero-order valence-corrected chi connectivity index (χ0v) is 51.9. The van der Waals surface area contributed by atoms with Crippen LogP contribution in [0.15, 0.2) is 218 Å². The number of rotatable bonds is 6. The third kappa shape index (κ3) is 11.6. The number of benzene rings is 9. The Kier molecular flexibility index (Phi) is 16.5. The average molecular weight is 1420 g/mol. The minimum absolute atomic E-state index is 0.248. The van der Waals surface area contributed by atoms with E-state index in [2.05, 4.69) is 0 Å². The van der Waals surface area contributed by atoms with Crippen molar-refractivity contribution in [1.82, 2.24) is 0 Å². The number of hydrogen-bond donors (Lipinski definition) is 0. The van der Waals surface area contributed by atoms with E-state index in [4.69, 9.17) is 18.6 Å². The molecule has 0 radical (unpaired) electrons. The minimum atomic E-state index is -5.56. The molecule has 0 aromatic heterocycles. The van der Waals surface area contributed by atoms with Crippen LogP contribution < -0.4 is 21.7 Å². The van der Waals surface area contributed by atoms with Gasteiger partial charge in [-0.1, -0.05) is 0 Å². The fourth-order valence-electron chi connectivity index (χ4n) is 8.77. The van der Waals surface area contributed by atoms with Crippen LogP contribution in [0.1, 0.15) is 95.5 Å². The van der Waals surface area contributed by atoms with Crippen molar-refractivity contribution < 1.29 is 47.4 Å². The molecule has 12 nitrogen and oxygen atoms in total. The Hall–Kier alpha value is -7.83. The predicted octanol–water partition coefficient (Wildman–Crippen LogP) is 8.66. The van der Waals surface area contributed by atoms with E-state index in [1.807, 2.05) is 41.5 Å². The van der Waals surface area contributed by atoms with Gasteiger partial charge in [-0.3, -0.25) is 0 Å². The van der Waals surface area contributed by atoms with E-state index in [9.17, 15) is 0 Å². The van der Waals surface area contributed by atoms with E-state index < -0.39 is 92.8 Å². The van der Waals surface area contributed by atoms with Crippen molar-refractivity contribution in [1.29, 1.82) is 0 Å². The first-order valence-corrected chi connectivity index (χ1v) is 38.3. The van der Waals surface area contributed by atoms with Gasteiger partial charge in [0.05, 0.1) is 0 Å². The van der Waals surface area contributed by atoms with Crippen molar-refractivity contribution in [3.8, 4) is 0 Å². The quantitative estimate of drug-likeness (QED) is 0.146. The van der Waals surface area contributed by atoms with Gasteiger partial charge in [0.2, 0.25) is 0 Å². The van der Waals surface area contributed by atoms with E-state index in [0.717, 1.165) is 33.4 Å². The van der Waals surface area contributed by atoms with E-state index in [0.29, 0.717) is 21.7 Å². The van der Waals surface area contributed by atoms with Gasteiger partial charge >= 0.3 is 489 Å². The summed E-state index contributed by atoms with van der Waals surface area (Å²) in [6.07, 6.45) is 0. The van der Waals surface area contributed by atoms with Crippen LogP contribution in [-0.4, -0.2) is 92.8 Å². The molecule has 81 heavy (non-hydrogen) atoms. The Balaban J connectivity index is 1.25.